The lowest BCUT2D eigenvalue weighted by Crippen LogP contribution is -2.03. The molecule has 0 saturated carbocycles. The van der Waals surface area contributed by atoms with Crippen LogP contribution in [0.25, 0.3) is 10.9 Å². The van der Waals surface area contributed by atoms with E-state index in [1.807, 2.05) is 13.0 Å². The van der Waals surface area contributed by atoms with Crippen molar-refractivity contribution in [2.45, 2.75) is 6.92 Å². The molecule has 0 saturated heterocycles. The molecule has 0 aliphatic carbocycles. The molecular formula is C16H10Cl3NO. The molecule has 0 spiro atoms. The summed E-state index contributed by atoms with van der Waals surface area (Å²) in [7, 11) is 0. The first kappa shape index (κ1) is 14.5. The minimum Gasteiger partial charge on any atom is -0.360 e. The minimum atomic E-state index is -0.120. The average molecular weight is 339 g/mol. The van der Waals surface area contributed by atoms with Gasteiger partial charge in [0.1, 0.15) is 0 Å². The van der Waals surface area contributed by atoms with Gasteiger partial charge < -0.3 is 4.98 Å². The van der Waals surface area contributed by atoms with Crippen molar-refractivity contribution >= 4 is 51.5 Å². The van der Waals surface area contributed by atoms with Gasteiger partial charge in [0.2, 0.25) is 0 Å². The van der Waals surface area contributed by atoms with Crippen molar-refractivity contribution in [3.8, 4) is 0 Å². The molecule has 21 heavy (non-hydrogen) atoms. The number of aryl methyl sites for hydroxylation is 1. The topological polar surface area (TPSA) is 32.9 Å². The summed E-state index contributed by atoms with van der Waals surface area (Å²) in [5.74, 6) is -0.120. The minimum absolute atomic E-state index is 0.120. The molecule has 0 aliphatic rings. The zero-order valence-electron chi connectivity index (χ0n) is 11.0. The van der Waals surface area contributed by atoms with Gasteiger partial charge in [0.05, 0.1) is 5.02 Å². The molecule has 1 N–H and O–H groups in total. The van der Waals surface area contributed by atoms with E-state index in [0.29, 0.717) is 31.6 Å². The number of aromatic nitrogens is 1. The van der Waals surface area contributed by atoms with Crippen molar-refractivity contribution in [3.63, 3.8) is 0 Å². The van der Waals surface area contributed by atoms with Gasteiger partial charge in [-0.05, 0) is 36.8 Å². The Kier molecular flexibility index (Phi) is 3.70. The lowest BCUT2D eigenvalue weighted by atomic mass is 9.99. The van der Waals surface area contributed by atoms with Crippen molar-refractivity contribution in [1.82, 2.24) is 4.98 Å². The molecule has 0 bridgehead atoms. The third kappa shape index (κ3) is 2.55. The SMILES string of the molecule is Cc1ccc(Cl)cc1C(=O)c1c[nH]c2cc(Cl)cc(Cl)c12. The quantitative estimate of drug-likeness (QED) is 0.600. The summed E-state index contributed by atoms with van der Waals surface area (Å²) < 4.78 is 0. The molecular weight excluding hydrogens is 329 g/mol. The first-order valence-corrected chi connectivity index (χ1v) is 7.38. The summed E-state index contributed by atoms with van der Waals surface area (Å²) in [6.45, 7) is 1.87. The van der Waals surface area contributed by atoms with Gasteiger partial charge in [0, 0.05) is 38.3 Å². The van der Waals surface area contributed by atoms with E-state index in [2.05, 4.69) is 4.98 Å². The molecule has 0 amide bonds. The molecule has 0 fully saturated rings. The number of carbonyl (C=O) groups excluding carboxylic acids is 1. The van der Waals surface area contributed by atoms with Gasteiger partial charge in [-0.1, -0.05) is 40.9 Å². The molecule has 0 aliphatic heterocycles. The Hall–Kier alpha value is -1.48. The smallest absolute Gasteiger partial charge is 0.195 e. The Labute approximate surface area is 136 Å². The number of H-pyrrole nitrogens is 1. The third-order valence-electron chi connectivity index (χ3n) is 3.39. The van der Waals surface area contributed by atoms with Gasteiger partial charge in [-0.25, -0.2) is 0 Å². The summed E-state index contributed by atoms with van der Waals surface area (Å²) in [6, 6.07) is 8.62. The number of hydrogen-bond acceptors (Lipinski definition) is 1. The van der Waals surface area contributed by atoms with Crippen LogP contribution in [0.1, 0.15) is 21.5 Å². The number of ketones is 1. The summed E-state index contributed by atoms with van der Waals surface area (Å²) in [5, 5.41) is 2.16. The van der Waals surface area contributed by atoms with Gasteiger partial charge in [-0.2, -0.15) is 0 Å². The van der Waals surface area contributed by atoms with E-state index in [1.165, 1.54) is 0 Å². The monoisotopic (exact) mass is 337 g/mol. The van der Waals surface area contributed by atoms with Crippen LogP contribution in [-0.2, 0) is 0 Å². The Morgan fingerprint density at radius 1 is 1.00 bits per heavy atom. The first-order chi connectivity index (χ1) is 9.97. The fraction of sp³-hybridized carbons (Fsp3) is 0.0625. The van der Waals surface area contributed by atoms with Crippen molar-refractivity contribution in [1.29, 1.82) is 0 Å². The highest BCUT2D eigenvalue weighted by Gasteiger charge is 2.18. The predicted octanol–water partition coefficient (Wildman–Crippen LogP) is 5.67. The number of aromatic amines is 1. The van der Waals surface area contributed by atoms with E-state index in [9.17, 15) is 4.79 Å². The van der Waals surface area contributed by atoms with Gasteiger partial charge in [-0.3, -0.25) is 4.79 Å². The van der Waals surface area contributed by atoms with E-state index < -0.39 is 0 Å². The van der Waals surface area contributed by atoms with Crippen LogP contribution in [0.2, 0.25) is 15.1 Å². The molecule has 0 radical (unpaired) electrons. The van der Waals surface area contributed by atoms with Crippen LogP contribution < -0.4 is 0 Å². The highest BCUT2D eigenvalue weighted by atomic mass is 35.5. The number of halogens is 3. The number of fused-ring (bicyclic) bond motifs is 1. The molecule has 5 heteroatoms. The highest BCUT2D eigenvalue weighted by Crippen LogP contribution is 2.32. The van der Waals surface area contributed by atoms with Crippen LogP contribution in [0.3, 0.4) is 0 Å². The van der Waals surface area contributed by atoms with Gasteiger partial charge >= 0.3 is 0 Å². The van der Waals surface area contributed by atoms with Crippen LogP contribution in [0.15, 0.2) is 36.5 Å². The number of benzene rings is 2. The van der Waals surface area contributed by atoms with E-state index in [-0.39, 0.29) is 5.78 Å². The summed E-state index contributed by atoms with van der Waals surface area (Å²) in [4.78, 5) is 15.8. The summed E-state index contributed by atoms with van der Waals surface area (Å²) >= 11 is 18.2. The number of nitrogens with one attached hydrogen (secondary N) is 1. The van der Waals surface area contributed by atoms with Gasteiger partial charge in [-0.15, -0.1) is 0 Å². The van der Waals surface area contributed by atoms with Crippen LogP contribution in [-0.4, -0.2) is 10.8 Å². The van der Waals surface area contributed by atoms with Crippen molar-refractivity contribution in [2.24, 2.45) is 0 Å². The first-order valence-electron chi connectivity index (χ1n) is 6.24. The van der Waals surface area contributed by atoms with Crippen LogP contribution in [0.5, 0.6) is 0 Å². The summed E-state index contributed by atoms with van der Waals surface area (Å²) in [6.07, 6.45) is 1.65. The molecule has 0 atom stereocenters. The predicted molar refractivity (Wildman–Crippen MR) is 87.9 cm³/mol. The van der Waals surface area contributed by atoms with E-state index >= 15 is 0 Å². The molecule has 3 aromatic rings. The molecule has 3 rings (SSSR count). The Morgan fingerprint density at radius 2 is 1.76 bits per heavy atom. The highest BCUT2D eigenvalue weighted by molar-refractivity contribution is 6.40. The molecule has 1 aromatic heterocycles. The van der Waals surface area contributed by atoms with E-state index in [4.69, 9.17) is 34.8 Å². The third-order valence-corrected chi connectivity index (χ3v) is 4.14. The Balaban J connectivity index is 2.21. The fourth-order valence-corrected chi connectivity index (χ4v) is 3.11. The second kappa shape index (κ2) is 5.38. The number of carbonyl (C=O) groups is 1. The Bertz CT molecular complexity index is 867. The maximum Gasteiger partial charge on any atom is 0.195 e. The Morgan fingerprint density at radius 3 is 2.52 bits per heavy atom. The van der Waals surface area contributed by atoms with E-state index in [1.54, 1.807) is 30.5 Å². The average Bonchev–Trinajstić information content (AvgIpc) is 2.84. The van der Waals surface area contributed by atoms with Gasteiger partial charge in [0.25, 0.3) is 0 Å². The molecule has 106 valence electrons. The van der Waals surface area contributed by atoms with Crippen molar-refractivity contribution < 1.29 is 4.79 Å². The normalized spacial score (nSPS) is 11.0. The number of hydrogen-bond donors (Lipinski definition) is 1. The molecule has 2 nitrogen and oxygen atoms in total. The second-order valence-corrected chi connectivity index (χ2v) is 6.08. The lowest BCUT2D eigenvalue weighted by molar-refractivity contribution is 0.104. The zero-order valence-corrected chi connectivity index (χ0v) is 13.3. The number of rotatable bonds is 2. The molecule has 2 aromatic carbocycles. The standard InChI is InChI=1S/C16H10Cl3NO/c1-8-2-3-9(17)4-11(8)16(21)12-7-20-14-6-10(18)5-13(19)15(12)14/h2-7,20H,1H3. The molecule has 0 unspecified atom stereocenters. The second-order valence-electron chi connectivity index (χ2n) is 4.80. The lowest BCUT2D eigenvalue weighted by Gasteiger charge is -2.06. The molecule has 1 heterocycles. The maximum absolute atomic E-state index is 12.8. The van der Waals surface area contributed by atoms with Crippen LogP contribution in [0.4, 0.5) is 0 Å². The van der Waals surface area contributed by atoms with Crippen molar-refractivity contribution in [3.05, 3.63) is 68.3 Å². The van der Waals surface area contributed by atoms with Crippen molar-refractivity contribution in [2.75, 3.05) is 0 Å². The fourth-order valence-electron chi connectivity index (χ4n) is 2.35. The summed E-state index contributed by atoms with van der Waals surface area (Å²) in [5.41, 5.74) is 2.67. The maximum atomic E-state index is 12.8. The van der Waals surface area contributed by atoms with E-state index in [0.717, 1.165) is 11.1 Å². The van der Waals surface area contributed by atoms with Crippen LogP contribution in [0, 0.1) is 6.92 Å². The van der Waals surface area contributed by atoms with Gasteiger partial charge in [0.15, 0.2) is 5.78 Å². The largest absolute Gasteiger partial charge is 0.360 e. The zero-order chi connectivity index (χ0) is 15.1. The van der Waals surface area contributed by atoms with Crippen LogP contribution >= 0.6 is 34.8 Å².